The van der Waals surface area contributed by atoms with Gasteiger partial charge in [0.05, 0.1) is 10.6 Å². The summed E-state index contributed by atoms with van der Waals surface area (Å²) in [7, 11) is -4.32. The van der Waals surface area contributed by atoms with E-state index in [1.54, 1.807) is 6.92 Å². The summed E-state index contributed by atoms with van der Waals surface area (Å²) in [5.74, 6) is -0.419. The number of aryl methyl sites for hydroxylation is 1. The molecule has 2 aromatic carbocycles. The molecule has 0 fully saturated rings. The van der Waals surface area contributed by atoms with E-state index in [4.69, 9.17) is 0 Å². The number of hydrogen-bond acceptors (Lipinski definition) is 5. The topological polar surface area (TPSA) is 88.2 Å². The molecule has 1 amide bonds. The lowest BCUT2D eigenvalue weighted by molar-refractivity contribution is -0.121. The number of carbonyl (C=O) groups is 1. The van der Waals surface area contributed by atoms with Gasteiger partial charge in [0.25, 0.3) is 5.91 Å². The highest BCUT2D eigenvalue weighted by molar-refractivity contribution is 7.89. The molecular formula is C19H16F3N3O3S2. The smallest absolute Gasteiger partial charge is 0.321 e. The Labute approximate surface area is 174 Å². The van der Waals surface area contributed by atoms with E-state index in [1.807, 2.05) is 30.3 Å². The summed E-state index contributed by atoms with van der Waals surface area (Å²) >= 11 is 1.22. The molecule has 30 heavy (non-hydrogen) atoms. The van der Waals surface area contributed by atoms with Crippen LogP contribution in [-0.4, -0.2) is 32.0 Å². The number of anilines is 1. The van der Waals surface area contributed by atoms with Crippen LogP contribution in [-0.2, 0) is 10.0 Å². The van der Waals surface area contributed by atoms with Crippen LogP contribution in [0.15, 0.2) is 59.5 Å². The molecular weight excluding hydrogens is 439 g/mol. The minimum atomic E-state index is -4.66. The van der Waals surface area contributed by atoms with Crippen molar-refractivity contribution in [2.45, 2.75) is 18.0 Å². The predicted octanol–water partition coefficient (Wildman–Crippen LogP) is 4.21. The molecule has 1 aromatic heterocycles. The van der Waals surface area contributed by atoms with Crippen molar-refractivity contribution >= 4 is 33.0 Å². The van der Waals surface area contributed by atoms with Gasteiger partial charge in [0.2, 0.25) is 10.0 Å². The third-order valence-electron chi connectivity index (χ3n) is 3.91. The molecule has 0 aliphatic carbocycles. The first-order chi connectivity index (χ1) is 14.0. The van der Waals surface area contributed by atoms with Crippen molar-refractivity contribution in [3.63, 3.8) is 0 Å². The second-order valence-electron chi connectivity index (χ2n) is 6.22. The van der Waals surface area contributed by atoms with Gasteiger partial charge in [-0.15, -0.1) is 11.3 Å². The Bertz CT molecular complexity index is 1140. The second-order valence-corrected chi connectivity index (χ2v) is 8.98. The van der Waals surface area contributed by atoms with Gasteiger partial charge in [-0.1, -0.05) is 30.3 Å². The Morgan fingerprint density at radius 2 is 1.70 bits per heavy atom. The molecule has 11 heteroatoms. The van der Waals surface area contributed by atoms with Gasteiger partial charge < -0.3 is 5.32 Å². The number of alkyl halides is 3. The van der Waals surface area contributed by atoms with Crippen molar-refractivity contribution in [1.29, 1.82) is 0 Å². The third-order valence-corrected chi connectivity index (χ3v) is 6.53. The molecule has 2 N–H and O–H groups in total. The number of halogens is 3. The fourth-order valence-electron chi connectivity index (χ4n) is 2.48. The summed E-state index contributed by atoms with van der Waals surface area (Å²) in [6, 6.07) is 14.2. The summed E-state index contributed by atoms with van der Waals surface area (Å²) in [6.45, 7) is 0.0437. The molecule has 0 aliphatic rings. The average molecular weight is 455 g/mol. The maximum atomic E-state index is 12.6. The van der Waals surface area contributed by atoms with E-state index in [-0.39, 0.29) is 4.90 Å². The fourth-order valence-corrected chi connectivity index (χ4v) is 4.46. The van der Waals surface area contributed by atoms with Crippen LogP contribution in [0.25, 0.3) is 10.6 Å². The Hall–Kier alpha value is -2.76. The molecule has 0 aliphatic heterocycles. The number of nitrogens with one attached hydrogen (secondary N) is 2. The van der Waals surface area contributed by atoms with Crippen molar-refractivity contribution in [3.8, 4) is 10.6 Å². The van der Waals surface area contributed by atoms with Gasteiger partial charge in [-0.2, -0.15) is 13.2 Å². The number of benzene rings is 2. The number of carbonyl (C=O) groups excluding carboxylic acids is 1. The lowest BCUT2D eigenvalue weighted by atomic mass is 10.2. The largest absolute Gasteiger partial charge is 0.402 e. The van der Waals surface area contributed by atoms with E-state index in [2.05, 4.69) is 10.3 Å². The molecule has 0 unspecified atom stereocenters. The summed E-state index contributed by atoms with van der Waals surface area (Å²) in [5, 5.41) is 3.33. The first kappa shape index (κ1) is 21.9. The van der Waals surface area contributed by atoms with Gasteiger partial charge in [-0.3, -0.25) is 4.79 Å². The van der Waals surface area contributed by atoms with Crippen LogP contribution >= 0.6 is 11.3 Å². The number of rotatable bonds is 6. The molecule has 158 valence electrons. The first-order valence-corrected chi connectivity index (χ1v) is 10.9. The third kappa shape index (κ3) is 5.43. The van der Waals surface area contributed by atoms with Crippen LogP contribution in [0.5, 0.6) is 0 Å². The fraction of sp³-hybridized carbons (Fsp3) is 0.158. The minimum absolute atomic E-state index is 0.295. The van der Waals surface area contributed by atoms with Crippen LogP contribution in [0.1, 0.15) is 15.4 Å². The van der Waals surface area contributed by atoms with Crippen LogP contribution in [0.3, 0.4) is 0 Å². The minimum Gasteiger partial charge on any atom is -0.321 e. The average Bonchev–Trinajstić information content (AvgIpc) is 3.09. The number of hydrogen-bond donors (Lipinski definition) is 2. The monoisotopic (exact) mass is 455 g/mol. The SMILES string of the molecule is Cc1nc(-c2ccccc2)sc1C(=O)Nc1ccc(S(=O)(=O)NCC(F)(F)F)cc1. The summed E-state index contributed by atoms with van der Waals surface area (Å²) in [4.78, 5) is 17.0. The standard InChI is InChI=1S/C19H16F3N3O3S2/c1-12-16(29-18(24-12)13-5-3-2-4-6-13)17(26)25-14-7-9-15(10-8-14)30(27,28)23-11-19(20,21)22/h2-10,23H,11H2,1H3,(H,25,26). The number of thiazole rings is 1. The Morgan fingerprint density at radius 1 is 1.07 bits per heavy atom. The summed E-state index contributed by atoms with van der Waals surface area (Å²) < 4.78 is 62.0. The second kappa shape index (κ2) is 8.54. The molecule has 0 saturated carbocycles. The van der Waals surface area contributed by atoms with Crippen LogP contribution in [0.4, 0.5) is 18.9 Å². The van der Waals surface area contributed by atoms with Crippen molar-refractivity contribution < 1.29 is 26.4 Å². The summed E-state index contributed by atoms with van der Waals surface area (Å²) in [5.41, 5.74) is 1.72. The zero-order valence-electron chi connectivity index (χ0n) is 15.5. The van der Waals surface area contributed by atoms with E-state index in [1.165, 1.54) is 28.2 Å². The van der Waals surface area contributed by atoms with E-state index < -0.39 is 28.7 Å². The Kier molecular flexibility index (Phi) is 6.25. The molecule has 3 rings (SSSR count). The molecule has 0 atom stereocenters. The lowest BCUT2D eigenvalue weighted by Crippen LogP contribution is -2.33. The zero-order chi connectivity index (χ0) is 21.9. The molecule has 0 bridgehead atoms. The van der Waals surface area contributed by atoms with E-state index in [9.17, 15) is 26.4 Å². The van der Waals surface area contributed by atoms with Gasteiger partial charge >= 0.3 is 6.18 Å². The first-order valence-electron chi connectivity index (χ1n) is 8.56. The van der Waals surface area contributed by atoms with Gasteiger partial charge in [0.15, 0.2) is 0 Å². The number of sulfonamides is 1. The van der Waals surface area contributed by atoms with Gasteiger partial charge in [-0.05, 0) is 31.2 Å². The Balaban J connectivity index is 1.72. The van der Waals surface area contributed by atoms with Crippen LogP contribution < -0.4 is 10.0 Å². The maximum Gasteiger partial charge on any atom is 0.402 e. The molecule has 0 saturated heterocycles. The number of nitrogens with zero attached hydrogens (tertiary/aromatic N) is 1. The van der Waals surface area contributed by atoms with E-state index in [0.29, 0.717) is 21.3 Å². The number of aromatic nitrogens is 1. The van der Waals surface area contributed by atoms with E-state index >= 15 is 0 Å². The van der Waals surface area contributed by atoms with Crippen molar-refractivity contribution in [1.82, 2.24) is 9.71 Å². The number of amides is 1. The van der Waals surface area contributed by atoms with Gasteiger partial charge in [0.1, 0.15) is 16.4 Å². The van der Waals surface area contributed by atoms with E-state index in [0.717, 1.165) is 17.7 Å². The summed E-state index contributed by atoms with van der Waals surface area (Å²) in [6.07, 6.45) is -4.66. The predicted molar refractivity (Wildman–Crippen MR) is 108 cm³/mol. The highest BCUT2D eigenvalue weighted by Gasteiger charge is 2.30. The van der Waals surface area contributed by atoms with Crippen molar-refractivity contribution in [3.05, 3.63) is 65.2 Å². The molecule has 1 heterocycles. The molecule has 0 radical (unpaired) electrons. The van der Waals surface area contributed by atoms with Gasteiger partial charge in [0, 0.05) is 11.3 Å². The normalized spacial score (nSPS) is 12.0. The molecule has 6 nitrogen and oxygen atoms in total. The lowest BCUT2D eigenvalue weighted by Gasteiger charge is -2.10. The van der Waals surface area contributed by atoms with Crippen LogP contribution in [0.2, 0.25) is 0 Å². The zero-order valence-corrected chi connectivity index (χ0v) is 17.2. The molecule has 0 spiro atoms. The van der Waals surface area contributed by atoms with Crippen molar-refractivity contribution in [2.24, 2.45) is 0 Å². The highest BCUT2D eigenvalue weighted by atomic mass is 32.2. The van der Waals surface area contributed by atoms with Gasteiger partial charge in [-0.25, -0.2) is 18.1 Å². The van der Waals surface area contributed by atoms with Crippen molar-refractivity contribution in [2.75, 3.05) is 11.9 Å². The Morgan fingerprint density at radius 3 is 2.30 bits per heavy atom. The maximum absolute atomic E-state index is 12.6. The highest BCUT2D eigenvalue weighted by Crippen LogP contribution is 2.28. The molecule has 3 aromatic rings. The van der Waals surface area contributed by atoms with Crippen LogP contribution in [0, 0.1) is 6.92 Å². The quantitative estimate of drug-likeness (QED) is 0.583.